The van der Waals surface area contributed by atoms with Gasteiger partial charge in [-0.1, -0.05) is 0 Å². The third-order valence-electron chi connectivity index (χ3n) is 3.38. The second-order valence-electron chi connectivity index (χ2n) is 4.86. The van der Waals surface area contributed by atoms with Gasteiger partial charge >= 0.3 is 6.72 Å². The Kier molecular flexibility index (Phi) is 4.15. The second kappa shape index (κ2) is 5.80. The van der Waals surface area contributed by atoms with Crippen molar-refractivity contribution in [2.75, 3.05) is 6.61 Å². The molecule has 1 fully saturated rings. The van der Waals surface area contributed by atoms with Crippen LogP contribution in [0.15, 0.2) is 23.4 Å². The molecule has 0 radical (unpaired) electrons. The first-order valence-electron chi connectivity index (χ1n) is 6.39. The maximum atomic E-state index is 14.0. The molecule has 3 atom stereocenters. The zero-order valence-electron chi connectivity index (χ0n) is 11.1. The lowest BCUT2D eigenvalue weighted by Gasteiger charge is -2.16. The van der Waals surface area contributed by atoms with Crippen LogP contribution in [0.25, 0.3) is 11.0 Å². The lowest BCUT2D eigenvalue weighted by molar-refractivity contribution is -0.0289. The van der Waals surface area contributed by atoms with Crippen molar-refractivity contribution >= 4 is 29.6 Å². The quantitative estimate of drug-likeness (QED) is 0.693. The van der Waals surface area contributed by atoms with Crippen LogP contribution in [0, 0.1) is 0 Å². The number of alkyl halides is 1. The molecule has 0 bridgehead atoms. The van der Waals surface area contributed by atoms with Crippen molar-refractivity contribution in [2.45, 2.75) is 24.9 Å². The summed E-state index contributed by atoms with van der Waals surface area (Å²) in [5, 5.41) is 0. The molecule has 1 aliphatic heterocycles. The largest absolute Gasteiger partial charge is 0.349 e. The lowest BCUT2D eigenvalue weighted by Crippen LogP contribution is -2.23. The van der Waals surface area contributed by atoms with Gasteiger partial charge < -0.3 is 28.6 Å². The van der Waals surface area contributed by atoms with Gasteiger partial charge in [-0.15, -0.1) is 0 Å². The Morgan fingerprint density at radius 3 is 3.14 bits per heavy atom. The minimum absolute atomic E-state index is 0.0337. The number of aromatic amines is 1. The maximum absolute atomic E-state index is 14.0. The number of halogens is 1. The van der Waals surface area contributed by atoms with E-state index in [1.165, 1.54) is 12.5 Å². The highest BCUT2D eigenvalue weighted by Gasteiger charge is 2.37. The molecule has 0 aliphatic carbocycles. The smallest absolute Gasteiger partial charge is 0.321 e. The van der Waals surface area contributed by atoms with Crippen molar-refractivity contribution in [3.05, 3.63) is 28.9 Å². The first-order chi connectivity index (χ1) is 10.3. The minimum atomic E-state index is -3.85. The summed E-state index contributed by atoms with van der Waals surface area (Å²) in [4.78, 5) is 36.1. The fraction of sp³-hybridized carbons (Fsp3) is 0.455. The number of hydrogen-bond donors (Lipinski definition) is 3. The van der Waals surface area contributed by atoms with E-state index in [1.807, 2.05) is 0 Å². The van der Waals surface area contributed by atoms with Gasteiger partial charge in [0.15, 0.2) is 5.52 Å². The van der Waals surface area contributed by atoms with Gasteiger partial charge in [0.1, 0.15) is 18.5 Å². The van der Waals surface area contributed by atoms with Crippen LogP contribution in [0.1, 0.15) is 12.6 Å². The van der Waals surface area contributed by atoms with Crippen LogP contribution in [-0.4, -0.2) is 43.2 Å². The molecule has 0 spiro atoms. The van der Waals surface area contributed by atoms with E-state index in [-0.39, 0.29) is 24.1 Å². The van der Waals surface area contributed by atoms with Gasteiger partial charge in [-0.05, 0) is 17.9 Å². The van der Waals surface area contributed by atoms with E-state index in [2.05, 4.69) is 26.3 Å². The second-order valence-corrected chi connectivity index (χ2v) is 7.53. The fourth-order valence-corrected chi connectivity index (χ4v) is 2.91. The predicted molar refractivity (Wildman–Crippen MR) is 78.5 cm³/mol. The monoisotopic (exact) mass is 349 g/mol. The van der Waals surface area contributed by atoms with E-state index in [9.17, 15) is 9.18 Å². The molecule has 3 N–H and O–H groups in total. The zero-order chi connectivity index (χ0) is 15.9. The number of nitrogens with zero attached hydrogens (tertiary/aromatic N) is 2. The van der Waals surface area contributed by atoms with Crippen molar-refractivity contribution in [3.8, 4) is 0 Å². The molecular formula is C11H13FN3O5PS. The highest BCUT2D eigenvalue weighted by molar-refractivity contribution is 8.06. The average Bonchev–Trinajstić information content (AvgIpc) is 3.00. The van der Waals surface area contributed by atoms with Crippen molar-refractivity contribution in [1.29, 1.82) is 0 Å². The molecule has 3 heterocycles. The number of imidazole rings is 1. The van der Waals surface area contributed by atoms with Crippen LogP contribution in [0.5, 0.6) is 0 Å². The molecule has 0 saturated carbocycles. The Balaban J connectivity index is 1.80. The van der Waals surface area contributed by atoms with Crippen molar-refractivity contribution in [1.82, 2.24) is 14.5 Å². The van der Waals surface area contributed by atoms with Gasteiger partial charge in [-0.25, -0.2) is 9.37 Å². The lowest BCUT2D eigenvalue weighted by atomic mass is 10.2. The Bertz CT molecular complexity index is 789. The molecule has 2 aromatic rings. The highest BCUT2D eigenvalue weighted by atomic mass is 32.5. The number of H-pyrrole nitrogens is 1. The third-order valence-corrected chi connectivity index (χ3v) is 4.18. The summed E-state index contributed by atoms with van der Waals surface area (Å²) in [6, 6.07) is 1.64. The van der Waals surface area contributed by atoms with E-state index in [0.29, 0.717) is 5.52 Å². The topological polar surface area (TPSA) is 110 Å². The summed E-state index contributed by atoms with van der Waals surface area (Å²) in [6.07, 6.45) is -0.0730. The number of ether oxygens (including phenoxy) is 1. The predicted octanol–water partition coefficient (Wildman–Crippen LogP) is 0.576. The van der Waals surface area contributed by atoms with Crippen LogP contribution >= 0.6 is 6.72 Å². The molecule has 0 amide bonds. The molecule has 0 aromatic carbocycles. The normalized spacial score (nSPS) is 25.9. The maximum Gasteiger partial charge on any atom is 0.321 e. The molecule has 2 aromatic heterocycles. The number of rotatable bonds is 4. The molecule has 1 unspecified atom stereocenters. The summed E-state index contributed by atoms with van der Waals surface area (Å²) < 4.78 is 25.7. The summed E-state index contributed by atoms with van der Waals surface area (Å²) in [6.45, 7) is -4.20. The average molecular weight is 349 g/mol. The molecule has 11 heteroatoms. The van der Waals surface area contributed by atoms with Gasteiger partial charge in [0.05, 0.1) is 18.5 Å². The fourth-order valence-electron chi connectivity index (χ4n) is 2.38. The summed E-state index contributed by atoms with van der Waals surface area (Å²) in [7, 11) is 0. The third kappa shape index (κ3) is 3.12. The molecule has 22 heavy (non-hydrogen) atoms. The summed E-state index contributed by atoms with van der Waals surface area (Å²) in [5.41, 5.74) is 0.423. The van der Waals surface area contributed by atoms with Gasteiger partial charge in [-0.3, -0.25) is 4.79 Å². The van der Waals surface area contributed by atoms with Crippen LogP contribution < -0.4 is 5.56 Å². The first-order valence-corrected chi connectivity index (χ1v) is 9.01. The Labute approximate surface area is 128 Å². The first kappa shape index (κ1) is 15.7. The number of pyridine rings is 1. The van der Waals surface area contributed by atoms with Crippen molar-refractivity contribution < 1.29 is 23.4 Å². The number of hydrogen-bond acceptors (Lipinski definition) is 5. The van der Waals surface area contributed by atoms with E-state index >= 15 is 0 Å². The summed E-state index contributed by atoms with van der Waals surface area (Å²) in [5.74, 6) is 0. The minimum Gasteiger partial charge on any atom is -0.349 e. The SMILES string of the molecule is O=c1[nH]ccc2c1ncn2[C@H]1CC(F)[C@@H](COP(O)(O)=S)O1. The molecule has 120 valence electrons. The standard InChI is InChI=1S/C11H13FN3O5PS/c12-6-3-9(20-8(6)4-19-21(17,18)22)15-5-14-10-7(15)1-2-13-11(10)16/h1-2,5-6,8-9H,3-4H2,(H,13,16)(H2,17,18,22)/t6?,8-,9-/m1/s1. The van der Waals surface area contributed by atoms with Gasteiger partial charge in [0.25, 0.3) is 5.56 Å². The number of nitrogens with one attached hydrogen (secondary N) is 1. The molecule has 1 saturated heterocycles. The number of fused-ring (bicyclic) bond motifs is 1. The van der Waals surface area contributed by atoms with E-state index in [0.717, 1.165) is 0 Å². The van der Waals surface area contributed by atoms with Gasteiger partial charge in [0, 0.05) is 12.6 Å². The van der Waals surface area contributed by atoms with E-state index in [1.54, 1.807) is 10.6 Å². The van der Waals surface area contributed by atoms with E-state index in [4.69, 9.17) is 14.5 Å². The van der Waals surface area contributed by atoms with Crippen molar-refractivity contribution in [2.24, 2.45) is 0 Å². The van der Waals surface area contributed by atoms with Crippen LogP contribution in [-0.2, 0) is 21.1 Å². The Morgan fingerprint density at radius 2 is 2.41 bits per heavy atom. The highest BCUT2D eigenvalue weighted by Crippen LogP contribution is 2.39. The number of aromatic nitrogens is 3. The molecular weight excluding hydrogens is 336 g/mol. The zero-order valence-corrected chi connectivity index (χ0v) is 12.8. The molecule has 8 nitrogen and oxygen atoms in total. The molecule has 3 rings (SSSR count). The van der Waals surface area contributed by atoms with Gasteiger partial charge in [0.2, 0.25) is 0 Å². The van der Waals surface area contributed by atoms with Crippen LogP contribution in [0.2, 0.25) is 0 Å². The summed E-state index contributed by atoms with van der Waals surface area (Å²) >= 11 is 4.31. The Morgan fingerprint density at radius 1 is 1.64 bits per heavy atom. The van der Waals surface area contributed by atoms with Crippen LogP contribution in [0.4, 0.5) is 4.39 Å². The Hall–Kier alpha value is -1.16. The van der Waals surface area contributed by atoms with Gasteiger partial charge in [-0.2, -0.15) is 0 Å². The molecule has 1 aliphatic rings. The van der Waals surface area contributed by atoms with Crippen LogP contribution in [0.3, 0.4) is 0 Å². The van der Waals surface area contributed by atoms with E-state index < -0.39 is 25.2 Å². The van der Waals surface area contributed by atoms with Crippen molar-refractivity contribution in [3.63, 3.8) is 0 Å².